The molecule has 1 aliphatic heterocycles. The van der Waals surface area contributed by atoms with Gasteiger partial charge in [0.1, 0.15) is 0 Å². The van der Waals surface area contributed by atoms with Gasteiger partial charge in [-0.2, -0.15) is 0 Å². The van der Waals surface area contributed by atoms with Gasteiger partial charge >= 0.3 is 11.8 Å². The number of carbonyl (C=O) groups excluding carboxylic acids is 3. The maximum Gasteiger partial charge on any atom is 0.312 e. The number of piperazine rings is 1. The minimum atomic E-state index is -0.481. The zero-order valence-corrected chi connectivity index (χ0v) is 15.7. The van der Waals surface area contributed by atoms with E-state index >= 15 is 0 Å². The molecule has 0 saturated carbocycles. The van der Waals surface area contributed by atoms with Crippen molar-refractivity contribution in [2.75, 3.05) is 25.0 Å². The lowest BCUT2D eigenvalue weighted by Gasteiger charge is -2.33. The van der Waals surface area contributed by atoms with Crippen molar-refractivity contribution in [3.8, 4) is 0 Å². The summed E-state index contributed by atoms with van der Waals surface area (Å²) in [5.74, 6) is -1.18. The molecule has 27 heavy (non-hydrogen) atoms. The number of hydrogen-bond acceptors (Lipinski definition) is 3. The number of nitrogens with zero attached hydrogens (tertiary/aromatic N) is 2. The van der Waals surface area contributed by atoms with Crippen LogP contribution < -0.4 is 5.32 Å². The molecular weight excluding hydrogens is 366 g/mol. The van der Waals surface area contributed by atoms with Crippen LogP contribution in [0.1, 0.15) is 22.8 Å². The van der Waals surface area contributed by atoms with E-state index in [0.29, 0.717) is 42.5 Å². The van der Waals surface area contributed by atoms with E-state index in [1.807, 2.05) is 6.92 Å². The number of halogens is 1. The Morgan fingerprint density at radius 2 is 1.70 bits per heavy atom. The highest BCUT2D eigenvalue weighted by Gasteiger charge is 2.31. The van der Waals surface area contributed by atoms with Crippen LogP contribution in [0.2, 0.25) is 5.02 Å². The summed E-state index contributed by atoms with van der Waals surface area (Å²) in [6, 6.07) is 13.9. The third kappa shape index (κ3) is 4.46. The van der Waals surface area contributed by atoms with E-state index in [0.717, 1.165) is 5.56 Å². The largest absolute Gasteiger partial charge is 0.333 e. The summed E-state index contributed by atoms with van der Waals surface area (Å²) in [7, 11) is 0. The molecule has 1 aliphatic rings. The average molecular weight is 386 g/mol. The fourth-order valence-electron chi connectivity index (χ4n) is 2.92. The van der Waals surface area contributed by atoms with Crippen molar-refractivity contribution in [2.24, 2.45) is 0 Å². The molecule has 3 rings (SSSR count). The molecule has 0 spiro atoms. The Kier molecular flexibility index (Phi) is 5.76. The van der Waals surface area contributed by atoms with Crippen LogP contribution in [0.25, 0.3) is 0 Å². The van der Waals surface area contributed by atoms with Crippen LogP contribution >= 0.6 is 11.6 Å². The van der Waals surface area contributed by atoms with E-state index < -0.39 is 11.8 Å². The lowest BCUT2D eigenvalue weighted by atomic mass is 10.1. The zero-order chi connectivity index (χ0) is 19.4. The van der Waals surface area contributed by atoms with Crippen LogP contribution in [0.5, 0.6) is 0 Å². The van der Waals surface area contributed by atoms with E-state index in [1.54, 1.807) is 53.4 Å². The highest BCUT2D eigenvalue weighted by Crippen LogP contribution is 2.17. The molecule has 1 N–H and O–H groups in total. The fourth-order valence-corrected chi connectivity index (χ4v) is 3.11. The SMILES string of the molecule is CCN1CCN(Cc2ccc(C(=O)Nc3cccc(Cl)c3)cc2)C(=O)C1=O. The first-order valence-corrected chi connectivity index (χ1v) is 9.09. The highest BCUT2D eigenvalue weighted by molar-refractivity contribution is 6.35. The highest BCUT2D eigenvalue weighted by atomic mass is 35.5. The van der Waals surface area contributed by atoms with Crippen molar-refractivity contribution < 1.29 is 14.4 Å². The molecule has 0 atom stereocenters. The van der Waals surface area contributed by atoms with Crippen molar-refractivity contribution in [3.63, 3.8) is 0 Å². The number of nitrogens with one attached hydrogen (secondary N) is 1. The Hall–Kier alpha value is -2.86. The maximum absolute atomic E-state index is 12.3. The summed E-state index contributed by atoms with van der Waals surface area (Å²) in [4.78, 5) is 39.5. The summed E-state index contributed by atoms with van der Waals surface area (Å²) in [6.45, 7) is 3.79. The second kappa shape index (κ2) is 8.22. The third-order valence-electron chi connectivity index (χ3n) is 4.45. The van der Waals surface area contributed by atoms with Gasteiger partial charge in [-0.25, -0.2) is 0 Å². The lowest BCUT2D eigenvalue weighted by Crippen LogP contribution is -2.53. The number of benzene rings is 2. The molecular formula is C20H20ClN3O3. The summed E-state index contributed by atoms with van der Waals surface area (Å²) in [5, 5.41) is 3.33. The summed E-state index contributed by atoms with van der Waals surface area (Å²) >= 11 is 5.92. The van der Waals surface area contributed by atoms with Gasteiger partial charge in [-0.15, -0.1) is 0 Å². The Labute approximate surface area is 162 Å². The molecule has 1 saturated heterocycles. The number of rotatable bonds is 5. The lowest BCUT2D eigenvalue weighted by molar-refractivity contribution is -0.156. The summed E-state index contributed by atoms with van der Waals surface area (Å²) < 4.78 is 0. The van der Waals surface area contributed by atoms with E-state index in [9.17, 15) is 14.4 Å². The number of likely N-dealkylation sites (N-methyl/N-ethyl adjacent to an activating group) is 1. The van der Waals surface area contributed by atoms with E-state index in [2.05, 4.69) is 5.32 Å². The fraction of sp³-hybridized carbons (Fsp3) is 0.250. The number of anilines is 1. The maximum atomic E-state index is 12.3. The Morgan fingerprint density at radius 1 is 1.04 bits per heavy atom. The van der Waals surface area contributed by atoms with Gasteiger partial charge in [-0.3, -0.25) is 14.4 Å². The quantitative estimate of drug-likeness (QED) is 0.804. The van der Waals surface area contributed by atoms with Crippen LogP contribution in [-0.4, -0.2) is 47.2 Å². The first-order valence-electron chi connectivity index (χ1n) is 8.72. The van der Waals surface area contributed by atoms with Gasteiger partial charge in [-0.05, 0) is 42.8 Å². The Bertz CT molecular complexity index is 867. The Morgan fingerprint density at radius 3 is 2.37 bits per heavy atom. The molecule has 0 unspecified atom stereocenters. The van der Waals surface area contributed by atoms with Crippen LogP contribution in [0.3, 0.4) is 0 Å². The molecule has 0 radical (unpaired) electrons. The molecule has 6 nitrogen and oxygen atoms in total. The Balaban J connectivity index is 1.62. The number of hydrogen-bond donors (Lipinski definition) is 1. The van der Waals surface area contributed by atoms with Crippen LogP contribution in [0.15, 0.2) is 48.5 Å². The van der Waals surface area contributed by atoms with Crippen molar-refractivity contribution in [2.45, 2.75) is 13.5 Å². The zero-order valence-electron chi connectivity index (χ0n) is 14.9. The number of carbonyl (C=O) groups is 3. The van der Waals surface area contributed by atoms with Crippen LogP contribution in [0.4, 0.5) is 5.69 Å². The van der Waals surface area contributed by atoms with Gasteiger partial charge < -0.3 is 15.1 Å². The summed E-state index contributed by atoms with van der Waals surface area (Å²) in [6.07, 6.45) is 0. The van der Waals surface area contributed by atoms with Gasteiger partial charge in [0.2, 0.25) is 0 Å². The van der Waals surface area contributed by atoms with Crippen molar-refractivity contribution in [1.29, 1.82) is 0 Å². The van der Waals surface area contributed by atoms with E-state index in [4.69, 9.17) is 11.6 Å². The topological polar surface area (TPSA) is 69.7 Å². The van der Waals surface area contributed by atoms with Gasteiger partial charge in [0.05, 0.1) is 0 Å². The first kappa shape index (κ1) is 18.9. The van der Waals surface area contributed by atoms with Crippen molar-refractivity contribution in [1.82, 2.24) is 9.80 Å². The molecule has 0 aliphatic carbocycles. The van der Waals surface area contributed by atoms with Crippen molar-refractivity contribution in [3.05, 3.63) is 64.7 Å². The second-order valence-corrected chi connectivity index (χ2v) is 6.71. The molecule has 0 aromatic heterocycles. The first-order chi connectivity index (χ1) is 13.0. The van der Waals surface area contributed by atoms with Crippen LogP contribution in [-0.2, 0) is 16.1 Å². The molecule has 2 aromatic rings. The molecule has 0 bridgehead atoms. The number of amides is 3. The second-order valence-electron chi connectivity index (χ2n) is 6.27. The molecule has 1 fully saturated rings. The van der Waals surface area contributed by atoms with Gasteiger partial charge in [0, 0.05) is 42.5 Å². The van der Waals surface area contributed by atoms with E-state index in [1.165, 1.54) is 4.90 Å². The van der Waals surface area contributed by atoms with E-state index in [-0.39, 0.29) is 5.91 Å². The minimum Gasteiger partial charge on any atom is -0.333 e. The third-order valence-corrected chi connectivity index (χ3v) is 4.69. The smallest absolute Gasteiger partial charge is 0.312 e. The van der Waals surface area contributed by atoms with Gasteiger partial charge in [0.15, 0.2) is 0 Å². The molecule has 1 heterocycles. The predicted molar refractivity (Wildman–Crippen MR) is 104 cm³/mol. The minimum absolute atomic E-state index is 0.244. The van der Waals surface area contributed by atoms with Gasteiger partial charge in [-0.1, -0.05) is 29.8 Å². The molecule has 2 aromatic carbocycles. The average Bonchev–Trinajstić information content (AvgIpc) is 2.66. The predicted octanol–water partition coefficient (Wildman–Crippen LogP) is 2.78. The monoisotopic (exact) mass is 385 g/mol. The molecule has 3 amide bonds. The van der Waals surface area contributed by atoms with Gasteiger partial charge in [0.25, 0.3) is 5.91 Å². The normalized spacial score (nSPS) is 14.4. The van der Waals surface area contributed by atoms with Crippen molar-refractivity contribution >= 4 is 35.0 Å². The molecule has 140 valence electrons. The summed E-state index contributed by atoms with van der Waals surface area (Å²) in [5.41, 5.74) is 1.98. The standard InChI is InChI=1S/C20H20ClN3O3/c1-2-23-10-11-24(20(27)19(23)26)13-14-6-8-15(9-7-14)18(25)22-17-5-3-4-16(21)12-17/h3-9,12H,2,10-11,13H2,1H3,(H,22,25). The molecule has 7 heteroatoms. The van der Waals surface area contributed by atoms with Crippen LogP contribution in [0, 0.1) is 0 Å².